The second kappa shape index (κ2) is 9.37. The van der Waals surface area contributed by atoms with Gasteiger partial charge in [0.2, 0.25) is 6.79 Å². The van der Waals surface area contributed by atoms with E-state index in [2.05, 4.69) is 0 Å². The largest absolute Gasteiger partial charge is 0.455 e. The molecule has 1 fully saturated rings. The molecule has 1 atom stereocenters. The molecule has 1 heterocycles. The van der Waals surface area contributed by atoms with Crippen LogP contribution in [0.1, 0.15) is 57.9 Å². The SMILES string of the molecule is CCC(=O)OC1(COC(=O)N(C)C(C)Cc2ccc3c(c2)OCO3)CCCCC1. The molecule has 7 heteroatoms. The molecule has 1 aromatic carbocycles. The third kappa shape index (κ3) is 5.34. The smallest absolute Gasteiger partial charge is 0.409 e. The van der Waals surface area contributed by atoms with Gasteiger partial charge in [-0.3, -0.25) is 4.79 Å². The average Bonchev–Trinajstić information content (AvgIpc) is 3.20. The number of benzene rings is 1. The summed E-state index contributed by atoms with van der Waals surface area (Å²) in [6.07, 6.45) is 5.13. The molecule has 7 nitrogen and oxygen atoms in total. The Kier molecular flexibility index (Phi) is 6.87. The lowest BCUT2D eigenvalue weighted by molar-refractivity contribution is -0.168. The maximum absolute atomic E-state index is 12.6. The maximum Gasteiger partial charge on any atom is 0.409 e. The Morgan fingerprint density at radius 3 is 2.62 bits per heavy atom. The summed E-state index contributed by atoms with van der Waals surface area (Å²) in [4.78, 5) is 26.1. The van der Waals surface area contributed by atoms with Crippen molar-refractivity contribution in [1.82, 2.24) is 4.90 Å². The number of rotatable bonds is 7. The van der Waals surface area contributed by atoms with Crippen molar-refractivity contribution in [3.8, 4) is 11.5 Å². The molecule has 160 valence electrons. The highest BCUT2D eigenvalue weighted by Gasteiger charge is 2.37. The molecule has 1 saturated carbocycles. The van der Waals surface area contributed by atoms with Gasteiger partial charge in [-0.1, -0.05) is 19.4 Å². The monoisotopic (exact) mass is 405 g/mol. The van der Waals surface area contributed by atoms with Crippen LogP contribution in [0.15, 0.2) is 18.2 Å². The summed E-state index contributed by atoms with van der Waals surface area (Å²) in [6, 6.07) is 5.74. The van der Waals surface area contributed by atoms with Crippen LogP contribution in [0.25, 0.3) is 0 Å². The molecule has 0 bridgehead atoms. The van der Waals surface area contributed by atoms with Gasteiger partial charge in [-0.15, -0.1) is 0 Å². The third-order valence-electron chi connectivity index (χ3n) is 5.76. The first-order chi connectivity index (χ1) is 13.9. The van der Waals surface area contributed by atoms with Crippen molar-refractivity contribution in [3.63, 3.8) is 0 Å². The molecular weight excluding hydrogens is 374 g/mol. The van der Waals surface area contributed by atoms with Crippen LogP contribution < -0.4 is 9.47 Å². The Balaban J connectivity index is 1.55. The number of ether oxygens (including phenoxy) is 4. The first-order valence-corrected chi connectivity index (χ1v) is 10.4. The zero-order chi connectivity index (χ0) is 20.9. The molecule has 1 amide bonds. The Bertz CT molecular complexity index is 728. The highest BCUT2D eigenvalue weighted by molar-refractivity contribution is 5.70. The third-order valence-corrected chi connectivity index (χ3v) is 5.76. The lowest BCUT2D eigenvalue weighted by Gasteiger charge is -2.36. The van der Waals surface area contributed by atoms with E-state index in [1.54, 1.807) is 18.9 Å². The topological polar surface area (TPSA) is 74.3 Å². The van der Waals surface area contributed by atoms with Crippen LogP contribution in [0.4, 0.5) is 4.79 Å². The van der Waals surface area contributed by atoms with Crippen LogP contribution >= 0.6 is 0 Å². The summed E-state index contributed by atoms with van der Waals surface area (Å²) < 4.78 is 22.0. The Morgan fingerprint density at radius 1 is 1.17 bits per heavy atom. The number of nitrogens with zero attached hydrogens (tertiary/aromatic N) is 1. The van der Waals surface area contributed by atoms with Gasteiger partial charge in [-0.2, -0.15) is 0 Å². The number of carbonyl (C=O) groups is 2. The van der Waals surface area contributed by atoms with E-state index in [1.807, 2.05) is 25.1 Å². The number of fused-ring (bicyclic) bond motifs is 1. The van der Waals surface area contributed by atoms with E-state index in [1.165, 1.54) is 0 Å². The van der Waals surface area contributed by atoms with Gasteiger partial charge in [0.25, 0.3) is 0 Å². The second-order valence-corrected chi connectivity index (χ2v) is 7.98. The van der Waals surface area contributed by atoms with Crippen LogP contribution in [0.2, 0.25) is 0 Å². The van der Waals surface area contributed by atoms with Gasteiger partial charge in [0.1, 0.15) is 12.2 Å². The number of amides is 1. The molecule has 2 aliphatic rings. The molecule has 3 rings (SSSR count). The fraction of sp³-hybridized carbons (Fsp3) is 0.636. The summed E-state index contributed by atoms with van der Waals surface area (Å²) in [5.74, 6) is 1.23. The molecule has 1 aliphatic heterocycles. The Hall–Kier alpha value is -2.44. The molecule has 0 N–H and O–H groups in total. The number of carbonyl (C=O) groups excluding carboxylic acids is 2. The van der Waals surface area contributed by atoms with Crippen molar-refractivity contribution in [3.05, 3.63) is 23.8 Å². The van der Waals surface area contributed by atoms with Crippen LogP contribution in [0.3, 0.4) is 0 Å². The molecule has 29 heavy (non-hydrogen) atoms. The summed E-state index contributed by atoms with van der Waals surface area (Å²) in [5, 5.41) is 0. The summed E-state index contributed by atoms with van der Waals surface area (Å²) in [6.45, 7) is 4.10. The lowest BCUT2D eigenvalue weighted by Crippen LogP contribution is -2.45. The standard InChI is InChI=1S/C22H31NO6/c1-4-20(24)29-22(10-6-5-7-11-22)14-26-21(25)23(3)16(2)12-17-8-9-18-19(13-17)28-15-27-18/h8-9,13,16H,4-7,10-12,14-15H2,1-3H3. The normalized spacial score (nSPS) is 18.0. The zero-order valence-corrected chi connectivity index (χ0v) is 17.6. The van der Waals surface area contributed by atoms with E-state index in [0.29, 0.717) is 12.8 Å². The van der Waals surface area contributed by atoms with Crippen molar-refractivity contribution in [2.75, 3.05) is 20.4 Å². The minimum Gasteiger partial charge on any atom is -0.455 e. The van der Waals surface area contributed by atoms with Crippen molar-refractivity contribution >= 4 is 12.1 Å². The van der Waals surface area contributed by atoms with Gasteiger partial charge in [0.05, 0.1) is 0 Å². The van der Waals surface area contributed by atoms with Crippen molar-refractivity contribution in [1.29, 1.82) is 0 Å². The fourth-order valence-electron chi connectivity index (χ4n) is 3.81. The van der Waals surface area contributed by atoms with E-state index in [0.717, 1.165) is 49.2 Å². The lowest BCUT2D eigenvalue weighted by atomic mass is 9.85. The predicted octanol–water partition coefficient (Wildman–Crippen LogP) is 4.07. The summed E-state index contributed by atoms with van der Waals surface area (Å²) in [5.41, 5.74) is 0.379. The van der Waals surface area contributed by atoms with Gasteiger partial charge in [0.15, 0.2) is 11.5 Å². The molecule has 0 radical (unpaired) electrons. The molecule has 0 saturated heterocycles. The molecule has 1 unspecified atom stereocenters. The average molecular weight is 405 g/mol. The highest BCUT2D eigenvalue weighted by Crippen LogP contribution is 2.34. The second-order valence-electron chi connectivity index (χ2n) is 7.98. The zero-order valence-electron chi connectivity index (χ0n) is 17.6. The van der Waals surface area contributed by atoms with Gasteiger partial charge in [0, 0.05) is 19.5 Å². The number of esters is 1. The van der Waals surface area contributed by atoms with Gasteiger partial charge < -0.3 is 23.8 Å². The molecule has 0 aromatic heterocycles. The first kappa shape index (κ1) is 21.3. The van der Waals surface area contributed by atoms with Crippen LogP contribution in [0.5, 0.6) is 11.5 Å². The Labute approximate surface area is 172 Å². The van der Waals surface area contributed by atoms with Crippen LogP contribution in [0, 0.1) is 0 Å². The number of hydrogen-bond donors (Lipinski definition) is 0. The summed E-state index contributed by atoms with van der Waals surface area (Å²) in [7, 11) is 1.73. The van der Waals surface area contributed by atoms with E-state index >= 15 is 0 Å². The first-order valence-electron chi connectivity index (χ1n) is 10.4. The van der Waals surface area contributed by atoms with E-state index in [4.69, 9.17) is 18.9 Å². The minimum atomic E-state index is -0.678. The van der Waals surface area contributed by atoms with Crippen molar-refractivity contribution < 1.29 is 28.5 Å². The number of hydrogen-bond acceptors (Lipinski definition) is 6. The van der Waals surface area contributed by atoms with E-state index in [-0.39, 0.29) is 25.4 Å². The molecule has 0 spiro atoms. The van der Waals surface area contributed by atoms with Crippen LogP contribution in [-0.2, 0) is 20.7 Å². The maximum atomic E-state index is 12.6. The highest BCUT2D eigenvalue weighted by atomic mass is 16.7. The van der Waals surface area contributed by atoms with E-state index < -0.39 is 11.7 Å². The van der Waals surface area contributed by atoms with Crippen molar-refractivity contribution in [2.24, 2.45) is 0 Å². The molecular formula is C22H31NO6. The Morgan fingerprint density at radius 2 is 1.90 bits per heavy atom. The minimum absolute atomic E-state index is 0.0663. The quantitative estimate of drug-likeness (QED) is 0.637. The molecule has 1 aliphatic carbocycles. The molecule has 1 aromatic rings. The van der Waals surface area contributed by atoms with Crippen molar-refractivity contribution in [2.45, 2.75) is 70.4 Å². The van der Waals surface area contributed by atoms with Crippen LogP contribution in [-0.4, -0.2) is 49.1 Å². The predicted molar refractivity (Wildman–Crippen MR) is 107 cm³/mol. The van der Waals surface area contributed by atoms with Gasteiger partial charge in [-0.25, -0.2) is 4.79 Å². The fourth-order valence-corrected chi connectivity index (χ4v) is 3.81. The number of likely N-dealkylation sites (N-methyl/N-ethyl adjacent to an activating group) is 1. The van der Waals surface area contributed by atoms with Gasteiger partial charge >= 0.3 is 12.1 Å². The summed E-state index contributed by atoms with van der Waals surface area (Å²) >= 11 is 0. The van der Waals surface area contributed by atoms with Gasteiger partial charge in [-0.05, 0) is 56.7 Å². The van der Waals surface area contributed by atoms with E-state index in [9.17, 15) is 9.59 Å².